The van der Waals surface area contributed by atoms with Crippen molar-refractivity contribution in [3.8, 4) is 0 Å². The topological polar surface area (TPSA) is 77.8 Å². The normalized spacial score (nSPS) is 9.86. The van der Waals surface area contributed by atoms with Gasteiger partial charge >= 0.3 is 5.97 Å². The molecule has 14 heavy (non-hydrogen) atoms. The number of aliphatic carboxylic acids is 1. The van der Waals surface area contributed by atoms with Crippen LogP contribution in [0.1, 0.15) is 25.7 Å². The molecule has 0 spiro atoms. The van der Waals surface area contributed by atoms with E-state index >= 15 is 0 Å². The number of amides is 1. The standard InChI is InChI=1S/C9H17NO4/c1-10(6-7-11)8(12)4-2-3-5-9(13)14/h11H,2-7H2,1H3,(H,13,14). The van der Waals surface area contributed by atoms with Crippen molar-refractivity contribution in [2.24, 2.45) is 0 Å². The minimum atomic E-state index is -0.832. The molecule has 0 aliphatic carbocycles. The van der Waals surface area contributed by atoms with E-state index in [0.29, 0.717) is 25.8 Å². The molecule has 0 bridgehead atoms. The summed E-state index contributed by atoms with van der Waals surface area (Å²) in [4.78, 5) is 22.8. The van der Waals surface area contributed by atoms with Crippen LogP contribution >= 0.6 is 0 Å². The summed E-state index contributed by atoms with van der Waals surface area (Å²) in [6.07, 6.45) is 1.57. The molecule has 0 aromatic heterocycles. The zero-order valence-electron chi connectivity index (χ0n) is 8.40. The fourth-order valence-corrected chi connectivity index (χ4v) is 1.02. The highest BCUT2D eigenvalue weighted by molar-refractivity contribution is 5.75. The molecule has 0 aliphatic heterocycles. The molecule has 0 aromatic rings. The number of unbranched alkanes of at least 4 members (excludes halogenated alkanes) is 1. The van der Waals surface area contributed by atoms with Gasteiger partial charge in [-0.15, -0.1) is 0 Å². The maximum atomic E-state index is 11.2. The Kier molecular flexibility index (Phi) is 6.74. The lowest BCUT2D eigenvalue weighted by atomic mass is 10.2. The first kappa shape index (κ1) is 12.9. The van der Waals surface area contributed by atoms with Crippen LogP contribution in [0, 0.1) is 0 Å². The molecule has 2 N–H and O–H groups in total. The first-order valence-corrected chi connectivity index (χ1v) is 4.64. The van der Waals surface area contributed by atoms with Crippen LogP contribution < -0.4 is 0 Å². The zero-order chi connectivity index (χ0) is 11.0. The monoisotopic (exact) mass is 203 g/mol. The fourth-order valence-electron chi connectivity index (χ4n) is 1.02. The van der Waals surface area contributed by atoms with Gasteiger partial charge < -0.3 is 15.1 Å². The molecule has 0 rings (SSSR count). The van der Waals surface area contributed by atoms with E-state index in [2.05, 4.69) is 0 Å². The van der Waals surface area contributed by atoms with Crippen LogP contribution in [-0.4, -0.2) is 47.2 Å². The average molecular weight is 203 g/mol. The Bertz CT molecular complexity index is 193. The predicted molar refractivity (Wildman–Crippen MR) is 50.8 cm³/mol. The molecule has 0 fully saturated rings. The van der Waals surface area contributed by atoms with Gasteiger partial charge in [-0.2, -0.15) is 0 Å². The van der Waals surface area contributed by atoms with Crippen LogP contribution in [0.4, 0.5) is 0 Å². The van der Waals surface area contributed by atoms with Gasteiger partial charge in [-0.05, 0) is 12.8 Å². The smallest absolute Gasteiger partial charge is 0.303 e. The third-order valence-corrected chi connectivity index (χ3v) is 1.89. The van der Waals surface area contributed by atoms with Crippen molar-refractivity contribution in [2.75, 3.05) is 20.2 Å². The summed E-state index contributed by atoms with van der Waals surface area (Å²) < 4.78 is 0. The third-order valence-electron chi connectivity index (χ3n) is 1.89. The van der Waals surface area contributed by atoms with Gasteiger partial charge in [0.1, 0.15) is 0 Å². The molecular weight excluding hydrogens is 186 g/mol. The zero-order valence-corrected chi connectivity index (χ0v) is 8.40. The second-order valence-electron chi connectivity index (χ2n) is 3.14. The SMILES string of the molecule is CN(CCO)C(=O)CCCCC(=O)O. The molecule has 0 unspecified atom stereocenters. The van der Waals surface area contributed by atoms with E-state index < -0.39 is 5.97 Å². The molecule has 0 saturated heterocycles. The molecule has 82 valence electrons. The van der Waals surface area contributed by atoms with E-state index in [1.807, 2.05) is 0 Å². The molecular formula is C9H17NO4. The highest BCUT2D eigenvalue weighted by atomic mass is 16.4. The van der Waals surface area contributed by atoms with Crippen molar-refractivity contribution in [3.05, 3.63) is 0 Å². The van der Waals surface area contributed by atoms with Gasteiger partial charge in [0.25, 0.3) is 0 Å². The summed E-state index contributed by atoms with van der Waals surface area (Å²) in [6, 6.07) is 0. The van der Waals surface area contributed by atoms with Crippen LogP contribution in [0.3, 0.4) is 0 Å². The van der Waals surface area contributed by atoms with Gasteiger partial charge in [0.2, 0.25) is 5.91 Å². The Balaban J connectivity index is 3.48. The maximum absolute atomic E-state index is 11.2. The molecule has 0 aromatic carbocycles. The summed E-state index contributed by atoms with van der Waals surface area (Å²) >= 11 is 0. The Morgan fingerprint density at radius 3 is 2.29 bits per heavy atom. The average Bonchev–Trinajstić information content (AvgIpc) is 2.12. The number of nitrogens with zero attached hydrogens (tertiary/aromatic N) is 1. The number of carboxylic acids is 1. The van der Waals surface area contributed by atoms with Gasteiger partial charge in [0.05, 0.1) is 6.61 Å². The van der Waals surface area contributed by atoms with Gasteiger partial charge in [-0.1, -0.05) is 0 Å². The molecule has 0 heterocycles. The molecule has 0 aliphatic rings. The Hall–Kier alpha value is -1.10. The predicted octanol–water partition coefficient (Wildman–Crippen LogP) is 0.0821. The number of carbonyl (C=O) groups is 2. The Morgan fingerprint density at radius 2 is 1.79 bits per heavy atom. The lowest BCUT2D eigenvalue weighted by molar-refractivity contribution is -0.137. The van der Waals surface area contributed by atoms with Crippen molar-refractivity contribution in [1.82, 2.24) is 4.90 Å². The summed E-state index contributed by atoms with van der Waals surface area (Å²) in [6.45, 7) is 0.287. The summed E-state index contributed by atoms with van der Waals surface area (Å²) in [7, 11) is 1.62. The first-order valence-electron chi connectivity index (χ1n) is 4.64. The lowest BCUT2D eigenvalue weighted by Gasteiger charge is -2.14. The number of hydrogen-bond acceptors (Lipinski definition) is 3. The quantitative estimate of drug-likeness (QED) is 0.574. The molecule has 5 heteroatoms. The van der Waals surface area contributed by atoms with Crippen LogP contribution in [0.15, 0.2) is 0 Å². The molecule has 5 nitrogen and oxygen atoms in total. The van der Waals surface area contributed by atoms with E-state index in [1.165, 1.54) is 4.90 Å². The van der Waals surface area contributed by atoms with Gasteiger partial charge in [0.15, 0.2) is 0 Å². The van der Waals surface area contributed by atoms with Crippen molar-refractivity contribution < 1.29 is 19.8 Å². The molecule has 0 radical (unpaired) electrons. The van der Waals surface area contributed by atoms with Crippen molar-refractivity contribution >= 4 is 11.9 Å². The van der Waals surface area contributed by atoms with E-state index in [-0.39, 0.29) is 18.9 Å². The molecule has 1 amide bonds. The Labute approximate surface area is 83.3 Å². The van der Waals surface area contributed by atoms with Crippen molar-refractivity contribution in [2.45, 2.75) is 25.7 Å². The highest BCUT2D eigenvalue weighted by Gasteiger charge is 2.07. The third kappa shape index (κ3) is 6.42. The number of likely N-dealkylation sites (N-methyl/N-ethyl adjacent to an activating group) is 1. The van der Waals surface area contributed by atoms with Gasteiger partial charge in [-0.3, -0.25) is 9.59 Å². The number of carboxylic acid groups (broad SMARTS) is 1. The van der Waals surface area contributed by atoms with Crippen LogP contribution in [-0.2, 0) is 9.59 Å². The van der Waals surface area contributed by atoms with Crippen LogP contribution in [0.25, 0.3) is 0 Å². The van der Waals surface area contributed by atoms with Crippen LogP contribution in [0.5, 0.6) is 0 Å². The number of rotatable bonds is 7. The lowest BCUT2D eigenvalue weighted by Crippen LogP contribution is -2.29. The minimum absolute atomic E-state index is 0.0443. The summed E-state index contributed by atoms with van der Waals surface area (Å²) in [5.41, 5.74) is 0. The molecule has 0 saturated carbocycles. The Morgan fingerprint density at radius 1 is 1.21 bits per heavy atom. The second-order valence-corrected chi connectivity index (χ2v) is 3.14. The number of hydrogen-bond donors (Lipinski definition) is 2. The number of carbonyl (C=O) groups excluding carboxylic acids is 1. The minimum Gasteiger partial charge on any atom is -0.481 e. The maximum Gasteiger partial charge on any atom is 0.303 e. The van der Waals surface area contributed by atoms with Crippen molar-refractivity contribution in [3.63, 3.8) is 0 Å². The van der Waals surface area contributed by atoms with Gasteiger partial charge in [0, 0.05) is 26.4 Å². The van der Waals surface area contributed by atoms with E-state index in [0.717, 1.165) is 0 Å². The van der Waals surface area contributed by atoms with E-state index in [9.17, 15) is 9.59 Å². The number of aliphatic hydroxyl groups excluding tert-OH is 1. The van der Waals surface area contributed by atoms with Crippen LogP contribution in [0.2, 0.25) is 0 Å². The molecule has 0 atom stereocenters. The fraction of sp³-hybridized carbons (Fsp3) is 0.778. The largest absolute Gasteiger partial charge is 0.481 e. The van der Waals surface area contributed by atoms with E-state index in [1.54, 1.807) is 7.05 Å². The second kappa shape index (κ2) is 7.32. The van der Waals surface area contributed by atoms with E-state index in [4.69, 9.17) is 10.2 Å². The highest BCUT2D eigenvalue weighted by Crippen LogP contribution is 2.02. The van der Waals surface area contributed by atoms with Crippen molar-refractivity contribution in [1.29, 1.82) is 0 Å². The summed E-state index contributed by atoms with van der Waals surface area (Å²) in [5.74, 6) is -0.884. The first-order chi connectivity index (χ1) is 6.57. The van der Waals surface area contributed by atoms with Gasteiger partial charge in [-0.25, -0.2) is 0 Å². The summed E-state index contributed by atoms with van der Waals surface area (Å²) in [5, 5.41) is 16.9. The number of aliphatic hydroxyl groups is 1.